The van der Waals surface area contributed by atoms with Crippen molar-refractivity contribution in [2.75, 3.05) is 17.7 Å². The highest BCUT2D eigenvalue weighted by Crippen LogP contribution is 2.38. The van der Waals surface area contributed by atoms with E-state index in [0.29, 0.717) is 23.3 Å². The van der Waals surface area contributed by atoms with E-state index in [2.05, 4.69) is 20.4 Å². The number of aromatic nitrogens is 4. The lowest BCUT2D eigenvalue weighted by molar-refractivity contribution is -0.143. The molecular weight excluding hydrogens is 418 g/mol. The van der Waals surface area contributed by atoms with E-state index in [1.165, 1.54) is 17.1 Å². The first-order valence-corrected chi connectivity index (χ1v) is 8.30. The monoisotopic (exact) mass is 432 g/mol. The van der Waals surface area contributed by atoms with Crippen LogP contribution >= 0.6 is 0 Å². The van der Waals surface area contributed by atoms with Crippen molar-refractivity contribution in [1.82, 2.24) is 19.7 Å². The molecule has 0 fully saturated rings. The third kappa shape index (κ3) is 4.79. The van der Waals surface area contributed by atoms with Gasteiger partial charge in [-0.25, -0.2) is 4.98 Å². The first kappa shape index (κ1) is 21.4. The second kappa shape index (κ2) is 7.82. The van der Waals surface area contributed by atoms with Crippen LogP contribution in [-0.4, -0.2) is 31.5 Å². The number of hydrogen-bond acceptors (Lipinski definition) is 6. The molecule has 3 rings (SSSR count). The van der Waals surface area contributed by atoms with Crippen LogP contribution in [0.5, 0.6) is 0 Å². The lowest BCUT2D eigenvalue weighted by atomic mass is 10.1. The fourth-order valence-corrected chi connectivity index (χ4v) is 2.56. The zero-order valence-electron chi connectivity index (χ0n) is 15.0. The maximum absolute atomic E-state index is 13.0. The van der Waals surface area contributed by atoms with E-state index in [9.17, 15) is 26.3 Å². The number of aliphatic hydroxyl groups is 1. The smallest absolute Gasteiger partial charge is 0.394 e. The first-order valence-electron chi connectivity index (χ1n) is 8.30. The fourth-order valence-electron chi connectivity index (χ4n) is 2.56. The topological polar surface area (TPSA) is 102 Å². The summed E-state index contributed by atoms with van der Waals surface area (Å²) >= 11 is 0. The maximum Gasteiger partial charge on any atom is 0.416 e. The van der Waals surface area contributed by atoms with E-state index in [1.54, 1.807) is 6.20 Å². The summed E-state index contributed by atoms with van der Waals surface area (Å²) in [5.41, 5.74) is 3.28. The lowest BCUT2D eigenvalue weighted by Gasteiger charge is -2.15. The quantitative estimate of drug-likeness (QED) is 0.532. The van der Waals surface area contributed by atoms with Crippen molar-refractivity contribution in [2.24, 2.45) is 0 Å². The SMILES string of the molecule is Nc1nc(Nc2cc(C(F)(F)F)cc(C(F)(F)F)c2)ncc1-c1cnn(CCO)c1. The van der Waals surface area contributed by atoms with Crippen LogP contribution in [-0.2, 0) is 18.9 Å². The molecule has 0 saturated heterocycles. The Balaban J connectivity index is 1.91. The number of aliphatic hydroxyl groups excluding tert-OH is 1. The Bertz CT molecular complexity index is 1010. The number of hydrogen-bond donors (Lipinski definition) is 3. The average Bonchev–Trinajstić information content (AvgIpc) is 3.09. The highest BCUT2D eigenvalue weighted by molar-refractivity contribution is 5.73. The molecule has 0 amide bonds. The van der Waals surface area contributed by atoms with Gasteiger partial charge in [-0.1, -0.05) is 0 Å². The van der Waals surface area contributed by atoms with Gasteiger partial charge in [0.05, 0.1) is 30.5 Å². The first-order chi connectivity index (χ1) is 14.0. The molecule has 0 bridgehead atoms. The molecule has 4 N–H and O–H groups in total. The molecule has 0 atom stereocenters. The summed E-state index contributed by atoms with van der Waals surface area (Å²) in [7, 11) is 0. The molecule has 7 nitrogen and oxygen atoms in total. The third-order valence-corrected chi connectivity index (χ3v) is 3.94. The molecule has 0 radical (unpaired) electrons. The van der Waals surface area contributed by atoms with Crippen molar-refractivity contribution in [3.8, 4) is 11.1 Å². The van der Waals surface area contributed by atoms with Crippen molar-refractivity contribution in [2.45, 2.75) is 18.9 Å². The van der Waals surface area contributed by atoms with Crippen molar-refractivity contribution in [3.63, 3.8) is 0 Å². The molecule has 2 aromatic heterocycles. The molecule has 160 valence electrons. The van der Waals surface area contributed by atoms with Crippen LogP contribution in [0, 0.1) is 0 Å². The Morgan fingerprint density at radius 1 is 1.00 bits per heavy atom. The summed E-state index contributed by atoms with van der Waals surface area (Å²) in [5, 5.41) is 15.2. The Hall–Kier alpha value is -3.35. The average molecular weight is 432 g/mol. The molecule has 0 aliphatic heterocycles. The van der Waals surface area contributed by atoms with Crippen LogP contribution in [0.3, 0.4) is 0 Å². The van der Waals surface area contributed by atoms with Gasteiger partial charge in [-0.2, -0.15) is 36.4 Å². The number of anilines is 3. The Kier molecular flexibility index (Phi) is 5.57. The Morgan fingerprint density at radius 2 is 1.63 bits per heavy atom. The second-order valence-electron chi connectivity index (χ2n) is 6.13. The van der Waals surface area contributed by atoms with Gasteiger partial charge >= 0.3 is 12.4 Å². The summed E-state index contributed by atoms with van der Waals surface area (Å²) < 4.78 is 79.2. The minimum absolute atomic E-state index is 0.0214. The third-order valence-electron chi connectivity index (χ3n) is 3.94. The van der Waals surface area contributed by atoms with Crippen LogP contribution in [0.2, 0.25) is 0 Å². The van der Waals surface area contributed by atoms with E-state index in [1.807, 2.05) is 0 Å². The van der Waals surface area contributed by atoms with E-state index in [4.69, 9.17) is 10.8 Å². The van der Waals surface area contributed by atoms with Gasteiger partial charge in [-0.05, 0) is 18.2 Å². The maximum atomic E-state index is 13.0. The highest BCUT2D eigenvalue weighted by atomic mass is 19.4. The predicted octanol–water partition coefficient (Wildman–Crippen LogP) is 3.70. The lowest BCUT2D eigenvalue weighted by Crippen LogP contribution is -2.12. The van der Waals surface area contributed by atoms with E-state index < -0.39 is 29.2 Å². The number of nitrogens with two attached hydrogens (primary N) is 1. The van der Waals surface area contributed by atoms with Gasteiger partial charge in [-0.15, -0.1) is 0 Å². The van der Waals surface area contributed by atoms with E-state index >= 15 is 0 Å². The molecule has 0 spiro atoms. The van der Waals surface area contributed by atoms with Crippen molar-refractivity contribution < 1.29 is 31.4 Å². The van der Waals surface area contributed by atoms with Gasteiger partial charge in [0.15, 0.2) is 0 Å². The van der Waals surface area contributed by atoms with Crippen molar-refractivity contribution in [3.05, 3.63) is 47.9 Å². The van der Waals surface area contributed by atoms with E-state index in [-0.39, 0.29) is 31.0 Å². The predicted molar refractivity (Wildman–Crippen MR) is 94.5 cm³/mol. The van der Waals surface area contributed by atoms with Crippen LogP contribution in [0.4, 0.5) is 43.8 Å². The summed E-state index contributed by atoms with van der Waals surface area (Å²) in [6.45, 7) is 0.115. The number of nitrogen functional groups attached to an aromatic ring is 1. The number of benzene rings is 1. The van der Waals surface area contributed by atoms with Gasteiger partial charge in [0.25, 0.3) is 0 Å². The Labute approximate surface area is 165 Å². The molecule has 30 heavy (non-hydrogen) atoms. The molecule has 0 aliphatic carbocycles. The Morgan fingerprint density at radius 3 is 2.17 bits per heavy atom. The molecule has 13 heteroatoms. The summed E-state index contributed by atoms with van der Waals surface area (Å²) in [5.74, 6) is -0.356. The van der Waals surface area contributed by atoms with Crippen molar-refractivity contribution in [1.29, 1.82) is 0 Å². The van der Waals surface area contributed by atoms with Crippen LogP contribution in [0.25, 0.3) is 11.1 Å². The van der Waals surface area contributed by atoms with E-state index in [0.717, 1.165) is 0 Å². The molecule has 0 aliphatic rings. The molecule has 0 unspecified atom stereocenters. The number of alkyl halides is 6. The van der Waals surface area contributed by atoms with Gasteiger partial charge in [0, 0.05) is 29.2 Å². The summed E-state index contributed by atoms with van der Waals surface area (Å²) in [6.07, 6.45) is -5.68. The molecule has 1 aromatic carbocycles. The van der Waals surface area contributed by atoms with Crippen molar-refractivity contribution >= 4 is 17.5 Å². The zero-order chi connectivity index (χ0) is 22.1. The molecule has 2 heterocycles. The fraction of sp³-hybridized carbons (Fsp3) is 0.235. The minimum atomic E-state index is -4.98. The van der Waals surface area contributed by atoms with Crippen LogP contribution in [0.1, 0.15) is 11.1 Å². The number of nitrogens with zero attached hydrogens (tertiary/aromatic N) is 4. The number of nitrogens with one attached hydrogen (secondary N) is 1. The van der Waals surface area contributed by atoms with Gasteiger partial charge in [0.1, 0.15) is 5.82 Å². The number of rotatable bonds is 5. The largest absolute Gasteiger partial charge is 0.416 e. The van der Waals surface area contributed by atoms with Crippen LogP contribution in [0.15, 0.2) is 36.8 Å². The highest BCUT2D eigenvalue weighted by Gasteiger charge is 2.37. The number of halogens is 6. The summed E-state index contributed by atoms with van der Waals surface area (Å²) in [6, 6.07) is 1.05. The van der Waals surface area contributed by atoms with Gasteiger partial charge in [0.2, 0.25) is 5.95 Å². The summed E-state index contributed by atoms with van der Waals surface area (Å²) in [4.78, 5) is 7.79. The standard InChI is InChI=1S/C17H14F6N6O/c18-16(19,20)10-3-11(17(21,22)23)5-12(4-10)27-15-25-7-13(14(24)28-15)9-6-26-29(8-9)1-2-30/h3-8,30H,1-2H2,(H3,24,25,27,28). The zero-order valence-corrected chi connectivity index (χ0v) is 15.0. The van der Waals surface area contributed by atoms with Gasteiger partial charge < -0.3 is 16.2 Å². The normalized spacial score (nSPS) is 12.2. The molecule has 0 saturated carbocycles. The molecular formula is C17H14F6N6O. The minimum Gasteiger partial charge on any atom is -0.394 e. The molecule has 3 aromatic rings. The van der Waals surface area contributed by atoms with Gasteiger partial charge in [-0.3, -0.25) is 4.68 Å². The second-order valence-corrected chi connectivity index (χ2v) is 6.13. The van der Waals surface area contributed by atoms with Crippen LogP contribution < -0.4 is 11.1 Å².